The molecule has 1 atom stereocenters. The van der Waals surface area contributed by atoms with Crippen LogP contribution in [-0.4, -0.2) is 5.11 Å². The molecule has 1 nitrogen and oxygen atoms in total. The third kappa shape index (κ3) is 2.62. The monoisotopic (exact) mass is 254 g/mol. The highest BCUT2D eigenvalue weighted by atomic mass is 35.5. The summed E-state index contributed by atoms with van der Waals surface area (Å²) in [5.74, 6) is -0.964. The molecule has 0 saturated carbocycles. The Bertz CT molecular complexity index is 543. The molecule has 0 bridgehead atoms. The quantitative estimate of drug-likeness (QED) is 0.866. The number of aliphatic hydroxyl groups excluding tert-OH is 1. The Balaban J connectivity index is 2.43. The molecule has 0 aliphatic heterocycles. The van der Waals surface area contributed by atoms with Gasteiger partial charge < -0.3 is 5.11 Å². The fraction of sp³-hybridized carbons (Fsp3) is 0.0769. The molecule has 0 spiro atoms. The predicted molar refractivity (Wildman–Crippen MR) is 61.9 cm³/mol. The van der Waals surface area contributed by atoms with Crippen molar-refractivity contribution in [2.75, 3.05) is 0 Å². The predicted octanol–water partition coefficient (Wildman–Crippen LogP) is 3.70. The minimum absolute atomic E-state index is 0.220. The second-order valence-corrected chi connectivity index (χ2v) is 4.03. The maximum Gasteiger partial charge on any atom is 0.123 e. The Labute approximate surface area is 102 Å². The van der Waals surface area contributed by atoms with Crippen molar-refractivity contribution in [1.29, 1.82) is 0 Å². The second kappa shape index (κ2) is 4.82. The van der Waals surface area contributed by atoms with Gasteiger partial charge in [0, 0.05) is 10.6 Å². The van der Waals surface area contributed by atoms with Gasteiger partial charge in [0.15, 0.2) is 0 Å². The number of benzene rings is 2. The van der Waals surface area contributed by atoms with E-state index in [1.54, 1.807) is 6.07 Å². The summed E-state index contributed by atoms with van der Waals surface area (Å²) in [6.07, 6.45) is -1.14. The van der Waals surface area contributed by atoms with Crippen molar-refractivity contribution in [2.45, 2.75) is 6.10 Å². The highest BCUT2D eigenvalue weighted by Gasteiger charge is 2.15. The summed E-state index contributed by atoms with van der Waals surface area (Å²) in [5, 5.41) is 10.2. The van der Waals surface area contributed by atoms with Gasteiger partial charge in [0.25, 0.3) is 0 Å². The topological polar surface area (TPSA) is 20.2 Å². The summed E-state index contributed by atoms with van der Waals surface area (Å²) >= 11 is 5.86. The molecule has 0 aliphatic carbocycles. The third-order valence-electron chi connectivity index (χ3n) is 2.42. The highest BCUT2D eigenvalue weighted by Crippen LogP contribution is 2.29. The zero-order valence-electron chi connectivity index (χ0n) is 8.70. The third-order valence-corrected chi connectivity index (χ3v) is 2.76. The van der Waals surface area contributed by atoms with Crippen LogP contribution in [-0.2, 0) is 0 Å². The summed E-state index contributed by atoms with van der Waals surface area (Å²) in [5.41, 5.74) is 0.551. The van der Waals surface area contributed by atoms with Crippen molar-refractivity contribution in [2.24, 2.45) is 0 Å². The molecule has 0 radical (unpaired) electrons. The SMILES string of the molecule is OC(c1cccc(F)c1)c1cc(F)ccc1Cl. The summed E-state index contributed by atoms with van der Waals surface area (Å²) < 4.78 is 26.1. The van der Waals surface area contributed by atoms with Gasteiger partial charge in [-0.05, 0) is 35.9 Å². The number of rotatable bonds is 2. The van der Waals surface area contributed by atoms with Crippen LogP contribution < -0.4 is 0 Å². The molecule has 2 aromatic rings. The van der Waals surface area contributed by atoms with E-state index < -0.39 is 17.7 Å². The lowest BCUT2D eigenvalue weighted by Crippen LogP contribution is -2.01. The lowest BCUT2D eigenvalue weighted by atomic mass is 10.0. The maximum absolute atomic E-state index is 13.1. The summed E-state index contributed by atoms with van der Waals surface area (Å²) in [4.78, 5) is 0. The average Bonchev–Trinajstić information content (AvgIpc) is 2.31. The van der Waals surface area contributed by atoms with E-state index in [4.69, 9.17) is 11.6 Å². The van der Waals surface area contributed by atoms with Gasteiger partial charge in [0.05, 0.1) is 0 Å². The highest BCUT2D eigenvalue weighted by molar-refractivity contribution is 6.31. The first-order chi connectivity index (χ1) is 8.08. The fourth-order valence-corrected chi connectivity index (χ4v) is 1.80. The molecule has 2 aromatic carbocycles. The van der Waals surface area contributed by atoms with Crippen LogP contribution in [0.3, 0.4) is 0 Å². The van der Waals surface area contributed by atoms with Crippen molar-refractivity contribution < 1.29 is 13.9 Å². The Kier molecular flexibility index (Phi) is 3.41. The molecule has 0 heterocycles. The average molecular weight is 255 g/mol. The van der Waals surface area contributed by atoms with Crippen LogP contribution in [0.4, 0.5) is 8.78 Å². The molecule has 0 saturated heterocycles. The molecule has 17 heavy (non-hydrogen) atoms. The Hall–Kier alpha value is -1.45. The van der Waals surface area contributed by atoms with Crippen LogP contribution in [0.15, 0.2) is 42.5 Å². The summed E-state index contributed by atoms with van der Waals surface area (Å²) in [6, 6.07) is 9.17. The van der Waals surface area contributed by atoms with Crippen LogP contribution in [0.1, 0.15) is 17.2 Å². The van der Waals surface area contributed by atoms with Crippen LogP contribution in [0.25, 0.3) is 0 Å². The molecule has 4 heteroatoms. The Morgan fingerprint density at radius 3 is 2.41 bits per heavy atom. The molecule has 0 aromatic heterocycles. The van der Waals surface area contributed by atoms with Gasteiger partial charge in [-0.3, -0.25) is 0 Å². The zero-order valence-corrected chi connectivity index (χ0v) is 9.46. The number of aliphatic hydroxyl groups is 1. The van der Waals surface area contributed by atoms with Crippen LogP contribution >= 0.6 is 11.6 Å². The normalized spacial score (nSPS) is 12.5. The van der Waals surface area contributed by atoms with Crippen molar-refractivity contribution in [3.63, 3.8) is 0 Å². The van der Waals surface area contributed by atoms with Crippen molar-refractivity contribution in [1.82, 2.24) is 0 Å². The van der Waals surface area contributed by atoms with Gasteiger partial charge in [-0.15, -0.1) is 0 Å². The molecule has 0 amide bonds. The fourth-order valence-electron chi connectivity index (χ4n) is 1.58. The minimum atomic E-state index is -1.14. The van der Waals surface area contributed by atoms with E-state index in [9.17, 15) is 13.9 Å². The molecular weight excluding hydrogens is 246 g/mol. The van der Waals surface area contributed by atoms with E-state index in [1.807, 2.05) is 0 Å². The Morgan fingerprint density at radius 1 is 1.00 bits per heavy atom. The van der Waals surface area contributed by atoms with Gasteiger partial charge in [-0.1, -0.05) is 23.7 Å². The second-order valence-electron chi connectivity index (χ2n) is 3.62. The Morgan fingerprint density at radius 2 is 1.71 bits per heavy atom. The van der Waals surface area contributed by atoms with Gasteiger partial charge in [-0.25, -0.2) is 8.78 Å². The largest absolute Gasteiger partial charge is 0.384 e. The summed E-state index contributed by atoms with van der Waals surface area (Å²) in [7, 11) is 0. The molecule has 2 rings (SSSR count). The van der Waals surface area contributed by atoms with E-state index in [2.05, 4.69) is 0 Å². The molecule has 1 unspecified atom stereocenters. The van der Waals surface area contributed by atoms with Gasteiger partial charge in [0.2, 0.25) is 0 Å². The van der Waals surface area contributed by atoms with Crippen LogP contribution in [0, 0.1) is 11.6 Å². The smallest absolute Gasteiger partial charge is 0.123 e. The maximum atomic E-state index is 13.1. The van der Waals surface area contributed by atoms with Gasteiger partial charge in [-0.2, -0.15) is 0 Å². The summed E-state index contributed by atoms with van der Waals surface area (Å²) in [6.45, 7) is 0. The van der Waals surface area contributed by atoms with Gasteiger partial charge in [0.1, 0.15) is 17.7 Å². The van der Waals surface area contributed by atoms with Crippen molar-refractivity contribution >= 4 is 11.6 Å². The molecule has 0 aliphatic rings. The molecular formula is C13H9ClF2O. The van der Waals surface area contributed by atoms with E-state index in [0.717, 1.165) is 6.07 Å². The van der Waals surface area contributed by atoms with Crippen LogP contribution in [0.2, 0.25) is 5.02 Å². The molecule has 1 N–H and O–H groups in total. The minimum Gasteiger partial charge on any atom is -0.384 e. The number of hydrogen-bond donors (Lipinski definition) is 1. The first kappa shape index (κ1) is 12.0. The lowest BCUT2D eigenvalue weighted by molar-refractivity contribution is 0.219. The number of hydrogen-bond acceptors (Lipinski definition) is 1. The van der Waals surface area contributed by atoms with E-state index in [1.165, 1.54) is 30.3 Å². The zero-order chi connectivity index (χ0) is 12.4. The van der Waals surface area contributed by atoms with Gasteiger partial charge >= 0.3 is 0 Å². The van der Waals surface area contributed by atoms with Crippen molar-refractivity contribution in [3.8, 4) is 0 Å². The first-order valence-electron chi connectivity index (χ1n) is 4.96. The number of halogens is 3. The lowest BCUT2D eigenvalue weighted by Gasteiger charge is -2.13. The molecule has 88 valence electrons. The van der Waals surface area contributed by atoms with E-state index in [-0.39, 0.29) is 10.6 Å². The van der Waals surface area contributed by atoms with Crippen LogP contribution in [0.5, 0.6) is 0 Å². The standard InChI is InChI=1S/C13H9ClF2O/c14-12-5-4-10(16)7-11(12)13(17)8-2-1-3-9(15)6-8/h1-7,13,17H. The van der Waals surface area contributed by atoms with Crippen molar-refractivity contribution in [3.05, 3.63) is 70.2 Å². The molecule has 0 fully saturated rings. The first-order valence-corrected chi connectivity index (χ1v) is 5.34. The van der Waals surface area contributed by atoms with E-state index in [0.29, 0.717) is 5.56 Å². The van der Waals surface area contributed by atoms with E-state index >= 15 is 0 Å².